The maximum absolute atomic E-state index is 4.92. The molecule has 0 amide bonds. The van der Waals surface area contributed by atoms with Gasteiger partial charge in [-0.25, -0.2) is 0 Å². The molecule has 1 aliphatic rings. The Bertz CT molecular complexity index is 2970. The highest BCUT2D eigenvalue weighted by Crippen LogP contribution is 2.45. The number of allylic oxidation sites excluding steroid dienone is 1. The third-order valence-corrected chi connectivity index (χ3v) is 10.9. The van der Waals surface area contributed by atoms with E-state index in [4.69, 9.17) is 10.1 Å². The van der Waals surface area contributed by atoms with Crippen LogP contribution in [0.2, 0.25) is 0 Å². The van der Waals surface area contributed by atoms with E-state index in [-0.39, 0.29) is 0 Å². The predicted molar refractivity (Wildman–Crippen MR) is 237 cm³/mol. The number of hydrogen-bond acceptors (Lipinski definition) is 4. The third kappa shape index (κ3) is 5.76. The van der Waals surface area contributed by atoms with Crippen LogP contribution >= 0.6 is 0 Å². The van der Waals surface area contributed by atoms with Crippen LogP contribution in [0.1, 0.15) is 16.7 Å². The van der Waals surface area contributed by atoms with Gasteiger partial charge in [0.2, 0.25) is 0 Å². The van der Waals surface area contributed by atoms with Gasteiger partial charge >= 0.3 is 0 Å². The summed E-state index contributed by atoms with van der Waals surface area (Å²) in [5, 5.41) is 12.4. The molecular weight excluding hydrogens is 681 g/mol. The SMILES string of the molecule is C/N=C1\C(=N/Nc2ccc(-c3ccncc3)cc2)C=C(c2ccc(-c3c4ccccc4c(-c4cccc5ccccc45)c4ccccc34)cc2)c2ccccc21. The summed E-state index contributed by atoms with van der Waals surface area (Å²) in [5.74, 6) is 0. The van der Waals surface area contributed by atoms with Crippen LogP contribution in [0.15, 0.2) is 204 Å². The van der Waals surface area contributed by atoms with E-state index < -0.39 is 0 Å². The molecule has 8 aromatic carbocycles. The van der Waals surface area contributed by atoms with Gasteiger partial charge in [-0.3, -0.25) is 15.4 Å². The van der Waals surface area contributed by atoms with Gasteiger partial charge in [-0.1, -0.05) is 152 Å². The zero-order chi connectivity index (χ0) is 37.4. The molecule has 1 heterocycles. The van der Waals surface area contributed by atoms with E-state index in [2.05, 4.69) is 168 Å². The number of fused-ring (bicyclic) bond motifs is 4. The van der Waals surface area contributed by atoms with Crippen LogP contribution in [-0.2, 0) is 0 Å². The molecule has 264 valence electrons. The van der Waals surface area contributed by atoms with Crippen molar-refractivity contribution >= 4 is 55.0 Å². The van der Waals surface area contributed by atoms with Crippen LogP contribution in [0.4, 0.5) is 5.69 Å². The first kappa shape index (κ1) is 33.2. The summed E-state index contributed by atoms with van der Waals surface area (Å²) >= 11 is 0. The minimum Gasteiger partial charge on any atom is -0.286 e. The van der Waals surface area contributed by atoms with Gasteiger partial charge in [0, 0.05) is 25.0 Å². The van der Waals surface area contributed by atoms with E-state index in [0.717, 1.165) is 50.5 Å². The summed E-state index contributed by atoms with van der Waals surface area (Å²) in [6.07, 6.45) is 5.78. The molecule has 0 saturated heterocycles. The molecule has 0 atom stereocenters. The van der Waals surface area contributed by atoms with Gasteiger partial charge < -0.3 is 0 Å². The van der Waals surface area contributed by atoms with E-state index in [1.54, 1.807) is 0 Å². The van der Waals surface area contributed by atoms with Crippen molar-refractivity contribution in [2.45, 2.75) is 0 Å². The molecule has 1 aliphatic carbocycles. The standard InChI is InChI=1S/C52H36N4/c1-53-52-47-19-9-4-14-41(47)48(33-49(52)56-55-39-27-25-34(26-28-39)35-29-31-54-32-30-35)37-21-23-38(24-22-37)50-43-15-5-7-17-45(43)51(46-18-8-6-16-44(46)50)42-20-10-12-36-11-2-3-13-40(36)42/h2-33,55H,1H3/b53-52-,56-49-. The van der Waals surface area contributed by atoms with Crippen molar-refractivity contribution in [1.29, 1.82) is 0 Å². The number of aliphatic imine (C=N–C) groups is 1. The predicted octanol–water partition coefficient (Wildman–Crippen LogP) is 12.9. The van der Waals surface area contributed by atoms with Crippen LogP contribution in [0.25, 0.3) is 71.3 Å². The van der Waals surface area contributed by atoms with Crippen LogP contribution < -0.4 is 5.43 Å². The van der Waals surface area contributed by atoms with Crippen molar-refractivity contribution in [3.63, 3.8) is 0 Å². The molecule has 9 aromatic rings. The summed E-state index contributed by atoms with van der Waals surface area (Å²) in [4.78, 5) is 8.86. The van der Waals surface area contributed by atoms with Crippen molar-refractivity contribution < 1.29 is 0 Å². The molecule has 0 fully saturated rings. The molecule has 0 radical (unpaired) electrons. The van der Waals surface area contributed by atoms with Crippen molar-refractivity contribution in [3.05, 3.63) is 211 Å². The van der Waals surface area contributed by atoms with E-state index in [9.17, 15) is 0 Å². The molecule has 10 rings (SSSR count). The lowest BCUT2D eigenvalue weighted by Crippen LogP contribution is -2.21. The molecule has 0 spiro atoms. The van der Waals surface area contributed by atoms with Crippen molar-refractivity contribution in [1.82, 2.24) is 4.98 Å². The summed E-state index contributed by atoms with van der Waals surface area (Å²) in [5.41, 5.74) is 17.5. The molecule has 1 N–H and O–H groups in total. The number of pyridine rings is 1. The topological polar surface area (TPSA) is 49.6 Å². The second kappa shape index (κ2) is 14.1. The van der Waals surface area contributed by atoms with Gasteiger partial charge in [0.25, 0.3) is 0 Å². The number of hydrogen-bond donors (Lipinski definition) is 1. The van der Waals surface area contributed by atoms with Gasteiger partial charge in [0.1, 0.15) is 5.71 Å². The van der Waals surface area contributed by atoms with E-state index in [1.165, 1.54) is 54.6 Å². The smallest absolute Gasteiger partial charge is 0.110 e. The average Bonchev–Trinajstić information content (AvgIpc) is 3.27. The van der Waals surface area contributed by atoms with Crippen LogP contribution in [-0.4, -0.2) is 23.5 Å². The molecular formula is C52H36N4. The number of nitrogens with one attached hydrogen (secondary N) is 1. The Balaban J connectivity index is 1.06. The summed E-state index contributed by atoms with van der Waals surface area (Å²) < 4.78 is 0. The lowest BCUT2D eigenvalue weighted by Gasteiger charge is -2.22. The second-order valence-electron chi connectivity index (χ2n) is 14.0. The Morgan fingerprint density at radius 2 is 0.946 bits per heavy atom. The van der Waals surface area contributed by atoms with Gasteiger partial charge in [-0.2, -0.15) is 5.10 Å². The maximum Gasteiger partial charge on any atom is 0.110 e. The molecule has 0 bridgehead atoms. The van der Waals surface area contributed by atoms with Crippen LogP contribution in [0, 0.1) is 0 Å². The third-order valence-electron chi connectivity index (χ3n) is 10.9. The zero-order valence-corrected chi connectivity index (χ0v) is 30.8. The lowest BCUT2D eigenvalue weighted by molar-refractivity contribution is 1.32. The van der Waals surface area contributed by atoms with E-state index in [0.29, 0.717) is 0 Å². The monoisotopic (exact) mass is 716 g/mol. The van der Waals surface area contributed by atoms with Gasteiger partial charge in [0.15, 0.2) is 0 Å². The lowest BCUT2D eigenvalue weighted by atomic mass is 9.83. The first-order chi connectivity index (χ1) is 27.7. The largest absolute Gasteiger partial charge is 0.286 e. The number of nitrogens with zero attached hydrogens (tertiary/aromatic N) is 3. The average molecular weight is 717 g/mol. The van der Waals surface area contributed by atoms with Crippen molar-refractivity contribution in [2.24, 2.45) is 10.1 Å². The Morgan fingerprint density at radius 3 is 1.62 bits per heavy atom. The number of hydrazone groups is 1. The highest BCUT2D eigenvalue weighted by atomic mass is 15.3. The van der Waals surface area contributed by atoms with Crippen LogP contribution in [0.5, 0.6) is 0 Å². The van der Waals surface area contributed by atoms with E-state index >= 15 is 0 Å². The zero-order valence-electron chi connectivity index (χ0n) is 30.8. The Morgan fingerprint density at radius 1 is 0.429 bits per heavy atom. The van der Waals surface area contributed by atoms with Crippen molar-refractivity contribution in [2.75, 3.05) is 12.5 Å². The molecule has 0 saturated carbocycles. The fraction of sp³-hybridized carbons (Fsp3) is 0.0192. The first-order valence-corrected chi connectivity index (χ1v) is 18.9. The number of rotatable bonds is 6. The second-order valence-corrected chi connectivity index (χ2v) is 14.0. The summed E-state index contributed by atoms with van der Waals surface area (Å²) in [7, 11) is 1.83. The molecule has 0 unspecified atom stereocenters. The van der Waals surface area contributed by atoms with Crippen LogP contribution in [0.3, 0.4) is 0 Å². The maximum atomic E-state index is 4.92. The fourth-order valence-corrected chi connectivity index (χ4v) is 8.30. The summed E-state index contributed by atoms with van der Waals surface area (Å²) in [6, 6.07) is 62.9. The number of aromatic nitrogens is 1. The van der Waals surface area contributed by atoms with Crippen molar-refractivity contribution in [3.8, 4) is 33.4 Å². The summed E-state index contributed by atoms with van der Waals surface area (Å²) in [6.45, 7) is 0. The minimum atomic E-state index is 0.782. The highest BCUT2D eigenvalue weighted by Gasteiger charge is 2.24. The molecule has 56 heavy (non-hydrogen) atoms. The number of anilines is 1. The first-order valence-electron chi connectivity index (χ1n) is 18.9. The Kier molecular flexibility index (Phi) is 8.34. The normalized spacial score (nSPS) is 14.0. The van der Waals surface area contributed by atoms with Gasteiger partial charge in [-0.15, -0.1) is 0 Å². The van der Waals surface area contributed by atoms with E-state index in [1.807, 2.05) is 43.7 Å². The minimum absolute atomic E-state index is 0.782. The Hall–Kier alpha value is -7.43. The molecule has 4 nitrogen and oxygen atoms in total. The molecule has 1 aromatic heterocycles. The Labute approximate surface area is 325 Å². The van der Waals surface area contributed by atoms with Gasteiger partial charge in [-0.05, 0) is 113 Å². The molecule has 0 aliphatic heterocycles. The fourth-order valence-electron chi connectivity index (χ4n) is 8.30. The quantitative estimate of drug-likeness (QED) is 0.138. The van der Waals surface area contributed by atoms with Gasteiger partial charge in [0.05, 0.1) is 11.4 Å². The number of benzene rings is 8. The highest BCUT2D eigenvalue weighted by molar-refractivity contribution is 6.55. The molecule has 4 heteroatoms.